The molecule has 16 heavy (non-hydrogen) atoms. The first kappa shape index (κ1) is 11.8. The Morgan fingerprint density at radius 1 is 1.00 bits per heavy atom. The van der Waals surface area contributed by atoms with Crippen molar-refractivity contribution in [1.29, 1.82) is 0 Å². The summed E-state index contributed by atoms with van der Waals surface area (Å²) in [5.74, 6) is 1.24. The first-order valence-electron chi connectivity index (χ1n) is 4.91. The Morgan fingerprint density at radius 2 is 1.69 bits per heavy atom. The number of thioether (sulfide) groups is 1. The van der Waals surface area contributed by atoms with Crippen molar-refractivity contribution in [3.63, 3.8) is 0 Å². The van der Waals surface area contributed by atoms with Crippen molar-refractivity contribution in [2.24, 2.45) is 0 Å². The van der Waals surface area contributed by atoms with Crippen molar-refractivity contribution in [3.05, 3.63) is 57.7 Å². The van der Waals surface area contributed by atoms with Crippen LogP contribution >= 0.6 is 34.4 Å². The molecule has 0 spiro atoms. The summed E-state index contributed by atoms with van der Waals surface area (Å²) < 4.78 is 1.24. The molecule has 3 heteroatoms. The molecule has 0 aliphatic rings. The summed E-state index contributed by atoms with van der Waals surface area (Å²) in [5, 5.41) is 9.61. The fourth-order valence-electron chi connectivity index (χ4n) is 1.32. The smallest absolute Gasteiger partial charge is 0.129 e. The van der Waals surface area contributed by atoms with E-state index in [-0.39, 0.29) is 0 Å². The lowest BCUT2D eigenvalue weighted by molar-refractivity contribution is 0.462. The molecule has 0 amide bonds. The minimum absolute atomic E-state index is 0.359. The first-order valence-corrected chi connectivity index (χ1v) is 6.97. The highest BCUT2D eigenvalue weighted by atomic mass is 127. The molecule has 0 heterocycles. The molecular formula is C13H11IOS. The Balaban J connectivity index is 2.02. The number of rotatable bonds is 3. The van der Waals surface area contributed by atoms with Gasteiger partial charge in [0, 0.05) is 14.2 Å². The predicted octanol–water partition coefficient (Wildman–Crippen LogP) is 4.29. The lowest BCUT2D eigenvalue weighted by Gasteiger charge is -2.04. The van der Waals surface area contributed by atoms with Crippen LogP contribution in [0.2, 0.25) is 0 Å². The van der Waals surface area contributed by atoms with Crippen LogP contribution in [0.15, 0.2) is 53.4 Å². The van der Waals surface area contributed by atoms with Crippen molar-refractivity contribution < 1.29 is 5.11 Å². The van der Waals surface area contributed by atoms with E-state index in [1.807, 2.05) is 18.2 Å². The molecule has 2 rings (SSSR count). The average Bonchev–Trinajstić information content (AvgIpc) is 2.30. The molecular weight excluding hydrogens is 331 g/mol. The van der Waals surface area contributed by atoms with Gasteiger partial charge in [0.25, 0.3) is 0 Å². The molecule has 82 valence electrons. The third-order valence-corrected chi connectivity index (χ3v) is 4.03. The van der Waals surface area contributed by atoms with E-state index in [2.05, 4.69) is 46.9 Å². The third kappa shape index (κ3) is 3.15. The van der Waals surface area contributed by atoms with Gasteiger partial charge < -0.3 is 5.11 Å². The Kier molecular flexibility index (Phi) is 4.12. The molecule has 0 atom stereocenters. The number of aromatic hydroxyl groups is 1. The fraction of sp³-hybridized carbons (Fsp3) is 0.0769. The van der Waals surface area contributed by atoms with Crippen molar-refractivity contribution in [2.45, 2.75) is 10.6 Å². The van der Waals surface area contributed by atoms with E-state index < -0.39 is 0 Å². The molecule has 0 aliphatic carbocycles. The predicted molar refractivity (Wildman–Crippen MR) is 76.8 cm³/mol. The maximum Gasteiger partial charge on any atom is 0.129 e. The van der Waals surface area contributed by atoms with Gasteiger partial charge in [0.1, 0.15) is 5.75 Å². The molecule has 1 N–H and O–H groups in total. The Bertz CT molecular complexity index is 468. The number of phenols is 1. The summed E-state index contributed by atoms with van der Waals surface area (Å²) in [6, 6.07) is 15.9. The number of para-hydroxylation sites is 1. The van der Waals surface area contributed by atoms with Gasteiger partial charge in [-0.2, -0.15) is 0 Å². The summed E-state index contributed by atoms with van der Waals surface area (Å²) in [5.41, 5.74) is 1.27. The number of hydrogen-bond acceptors (Lipinski definition) is 2. The molecule has 0 saturated heterocycles. The minimum atomic E-state index is 0.359. The molecule has 0 aliphatic heterocycles. The summed E-state index contributed by atoms with van der Waals surface area (Å²) >= 11 is 3.95. The fourth-order valence-corrected chi connectivity index (χ4v) is 2.59. The zero-order chi connectivity index (χ0) is 11.4. The molecule has 0 saturated carbocycles. The molecule has 0 radical (unpaired) electrons. The van der Waals surface area contributed by atoms with E-state index in [1.165, 1.54) is 9.13 Å². The van der Waals surface area contributed by atoms with Gasteiger partial charge in [-0.25, -0.2) is 0 Å². The van der Waals surface area contributed by atoms with Gasteiger partial charge in [-0.05, 0) is 52.4 Å². The summed E-state index contributed by atoms with van der Waals surface area (Å²) in [6.07, 6.45) is 0. The highest BCUT2D eigenvalue weighted by Gasteiger charge is 2.00. The van der Waals surface area contributed by atoms with Gasteiger partial charge >= 0.3 is 0 Å². The standard InChI is InChI=1S/C13H11IOS/c14-11-7-5-10(6-8-11)9-16-13-4-2-1-3-12(13)15/h1-8,15H,9H2. The van der Waals surface area contributed by atoms with Crippen LogP contribution in [0.4, 0.5) is 0 Å². The van der Waals surface area contributed by atoms with Crippen molar-refractivity contribution in [2.75, 3.05) is 0 Å². The van der Waals surface area contributed by atoms with Crippen LogP contribution in [-0.4, -0.2) is 5.11 Å². The van der Waals surface area contributed by atoms with E-state index in [0.717, 1.165) is 10.6 Å². The highest BCUT2D eigenvalue weighted by molar-refractivity contribution is 14.1. The van der Waals surface area contributed by atoms with Gasteiger partial charge in [-0.1, -0.05) is 24.3 Å². The topological polar surface area (TPSA) is 20.2 Å². The highest BCUT2D eigenvalue weighted by Crippen LogP contribution is 2.30. The lowest BCUT2D eigenvalue weighted by atomic mass is 10.2. The Labute approximate surface area is 113 Å². The molecule has 1 nitrogen and oxygen atoms in total. The maximum absolute atomic E-state index is 9.61. The van der Waals surface area contributed by atoms with Crippen LogP contribution < -0.4 is 0 Å². The second-order valence-corrected chi connectivity index (χ2v) is 5.65. The molecule has 2 aromatic carbocycles. The molecule has 0 fully saturated rings. The second-order valence-electron chi connectivity index (χ2n) is 3.38. The summed E-state index contributed by atoms with van der Waals surface area (Å²) in [4.78, 5) is 0.932. The van der Waals surface area contributed by atoms with Crippen LogP contribution in [0.25, 0.3) is 0 Å². The quantitative estimate of drug-likeness (QED) is 0.663. The first-order chi connectivity index (χ1) is 7.75. The zero-order valence-corrected chi connectivity index (χ0v) is 11.5. The number of phenolic OH excluding ortho intramolecular Hbond substituents is 1. The van der Waals surface area contributed by atoms with Crippen molar-refractivity contribution in [3.8, 4) is 5.75 Å². The van der Waals surface area contributed by atoms with Crippen molar-refractivity contribution >= 4 is 34.4 Å². The Morgan fingerprint density at radius 3 is 2.38 bits per heavy atom. The third-order valence-electron chi connectivity index (χ3n) is 2.17. The molecule has 0 unspecified atom stereocenters. The van der Waals surface area contributed by atoms with Gasteiger partial charge in [0.15, 0.2) is 0 Å². The van der Waals surface area contributed by atoms with Crippen LogP contribution in [0.5, 0.6) is 5.75 Å². The van der Waals surface area contributed by atoms with Crippen LogP contribution in [-0.2, 0) is 5.75 Å². The van der Waals surface area contributed by atoms with Crippen LogP contribution in [0.1, 0.15) is 5.56 Å². The maximum atomic E-state index is 9.61. The number of halogens is 1. The lowest BCUT2D eigenvalue weighted by Crippen LogP contribution is -1.81. The number of hydrogen-bond donors (Lipinski definition) is 1. The van der Waals surface area contributed by atoms with E-state index in [9.17, 15) is 5.11 Å². The molecule has 2 aromatic rings. The minimum Gasteiger partial charge on any atom is -0.507 e. The van der Waals surface area contributed by atoms with E-state index in [0.29, 0.717) is 5.75 Å². The Hall–Kier alpha value is -0.680. The summed E-state index contributed by atoms with van der Waals surface area (Å²) in [7, 11) is 0. The van der Waals surface area contributed by atoms with E-state index in [4.69, 9.17) is 0 Å². The summed E-state index contributed by atoms with van der Waals surface area (Å²) in [6.45, 7) is 0. The molecule has 0 aromatic heterocycles. The molecule has 0 bridgehead atoms. The van der Waals surface area contributed by atoms with Crippen LogP contribution in [0, 0.1) is 3.57 Å². The second kappa shape index (κ2) is 5.59. The van der Waals surface area contributed by atoms with Gasteiger partial charge in [0.05, 0.1) is 0 Å². The average molecular weight is 342 g/mol. The largest absolute Gasteiger partial charge is 0.507 e. The normalized spacial score (nSPS) is 10.3. The SMILES string of the molecule is Oc1ccccc1SCc1ccc(I)cc1. The monoisotopic (exact) mass is 342 g/mol. The van der Waals surface area contributed by atoms with Gasteiger partial charge in [-0.3, -0.25) is 0 Å². The zero-order valence-electron chi connectivity index (χ0n) is 8.56. The van der Waals surface area contributed by atoms with Crippen LogP contribution in [0.3, 0.4) is 0 Å². The van der Waals surface area contributed by atoms with E-state index in [1.54, 1.807) is 17.8 Å². The van der Waals surface area contributed by atoms with Gasteiger partial charge in [-0.15, -0.1) is 11.8 Å². The van der Waals surface area contributed by atoms with Crippen molar-refractivity contribution in [1.82, 2.24) is 0 Å². The van der Waals surface area contributed by atoms with E-state index >= 15 is 0 Å². The number of benzene rings is 2. The van der Waals surface area contributed by atoms with Gasteiger partial charge in [0.2, 0.25) is 0 Å².